The zero-order valence-corrected chi connectivity index (χ0v) is 16.4. The van der Waals surface area contributed by atoms with E-state index >= 15 is 0 Å². The molecular formula is C21H30N2O5. The molecule has 1 amide bonds. The fourth-order valence-electron chi connectivity index (χ4n) is 3.49. The van der Waals surface area contributed by atoms with Crippen LogP contribution in [0.5, 0.6) is 0 Å². The van der Waals surface area contributed by atoms with E-state index in [4.69, 9.17) is 9.84 Å². The molecule has 2 atom stereocenters. The maximum absolute atomic E-state index is 12.7. The Hall–Kier alpha value is -2.41. The molecule has 1 fully saturated rings. The maximum Gasteiger partial charge on any atom is 0.323 e. The number of rotatable bonds is 10. The number of hydrogen-bond donors (Lipinski definition) is 2. The van der Waals surface area contributed by atoms with Crippen LogP contribution in [0.4, 0.5) is 0 Å². The third-order valence-corrected chi connectivity index (χ3v) is 4.88. The second-order valence-corrected chi connectivity index (χ2v) is 7.05. The first-order chi connectivity index (χ1) is 13.5. The van der Waals surface area contributed by atoms with Gasteiger partial charge in [-0.05, 0) is 51.0 Å². The van der Waals surface area contributed by atoms with Crippen LogP contribution in [0.25, 0.3) is 0 Å². The largest absolute Gasteiger partial charge is 0.480 e. The van der Waals surface area contributed by atoms with Gasteiger partial charge in [-0.15, -0.1) is 0 Å². The maximum atomic E-state index is 12.7. The van der Waals surface area contributed by atoms with Crippen LogP contribution in [0.3, 0.4) is 0 Å². The highest BCUT2D eigenvalue weighted by molar-refractivity contribution is 5.86. The summed E-state index contributed by atoms with van der Waals surface area (Å²) in [6, 6.07) is 8.88. The minimum atomic E-state index is -1.03. The van der Waals surface area contributed by atoms with Gasteiger partial charge in [0.15, 0.2) is 0 Å². The Morgan fingerprint density at radius 3 is 2.71 bits per heavy atom. The van der Waals surface area contributed by atoms with E-state index in [0.717, 1.165) is 25.7 Å². The van der Waals surface area contributed by atoms with Gasteiger partial charge in [0.2, 0.25) is 5.91 Å². The molecule has 7 nitrogen and oxygen atoms in total. The van der Waals surface area contributed by atoms with Crippen LogP contribution in [-0.2, 0) is 25.5 Å². The van der Waals surface area contributed by atoms with Crippen molar-refractivity contribution in [3.8, 4) is 0 Å². The van der Waals surface area contributed by atoms with Crippen molar-refractivity contribution < 1.29 is 24.2 Å². The summed E-state index contributed by atoms with van der Waals surface area (Å²) in [6.07, 6.45) is 4.32. The van der Waals surface area contributed by atoms with Gasteiger partial charge in [-0.2, -0.15) is 0 Å². The Morgan fingerprint density at radius 2 is 2.04 bits per heavy atom. The number of hydrogen-bond acceptors (Lipinski definition) is 5. The molecule has 7 heteroatoms. The summed E-state index contributed by atoms with van der Waals surface area (Å²) in [4.78, 5) is 37.5. The summed E-state index contributed by atoms with van der Waals surface area (Å²) in [7, 11) is 0. The van der Waals surface area contributed by atoms with Crippen molar-refractivity contribution in [2.45, 2.75) is 57.5 Å². The van der Waals surface area contributed by atoms with Gasteiger partial charge in [0.05, 0.1) is 12.6 Å². The minimum absolute atomic E-state index is 0.253. The standard InChI is InChI=1S/C21H30N2O5/c1-2-28-21(27)18(13-8-11-16-9-4-3-5-10-16)22-17-12-6-7-14-23(20(17)26)15-19(24)25/h3-5,9-10,17-18,22H,2,6-8,11-15H2,1H3,(H,24,25)/t17-,18?/m0/s1. The van der Waals surface area contributed by atoms with Crippen LogP contribution >= 0.6 is 0 Å². The van der Waals surface area contributed by atoms with E-state index in [1.807, 2.05) is 30.3 Å². The second-order valence-electron chi connectivity index (χ2n) is 7.05. The van der Waals surface area contributed by atoms with Gasteiger partial charge in [0, 0.05) is 6.54 Å². The summed E-state index contributed by atoms with van der Waals surface area (Å²) in [6.45, 7) is 2.15. The third kappa shape index (κ3) is 6.96. The molecule has 0 radical (unpaired) electrons. The van der Waals surface area contributed by atoms with E-state index in [-0.39, 0.29) is 25.0 Å². The monoisotopic (exact) mass is 390 g/mol. The summed E-state index contributed by atoms with van der Waals surface area (Å²) < 4.78 is 5.19. The number of nitrogens with one attached hydrogen (secondary N) is 1. The molecule has 0 spiro atoms. The lowest BCUT2D eigenvalue weighted by Gasteiger charge is -2.26. The van der Waals surface area contributed by atoms with Gasteiger partial charge in [-0.3, -0.25) is 19.7 Å². The first-order valence-corrected chi connectivity index (χ1v) is 9.98. The third-order valence-electron chi connectivity index (χ3n) is 4.88. The van der Waals surface area contributed by atoms with Crippen molar-refractivity contribution >= 4 is 17.8 Å². The predicted octanol–water partition coefficient (Wildman–Crippen LogP) is 2.00. The van der Waals surface area contributed by atoms with Crippen molar-refractivity contribution in [3.05, 3.63) is 35.9 Å². The fraction of sp³-hybridized carbons (Fsp3) is 0.571. The van der Waals surface area contributed by atoms with Gasteiger partial charge in [-0.25, -0.2) is 0 Å². The average Bonchev–Trinajstić information content (AvgIpc) is 2.84. The Balaban J connectivity index is 2.00. The van der Waals surface area contributed by atoms with E-state index in [1.165, 1.54) is 10.5 Å². The first-order valence-electron chi connectivity index (χ1n) is 9.98. The summed E-state index contributed by atoms with van der Waals surface area (Å²) >= 11 is 0. The fourth-order valence-corrected chi connectivity index (χ4v) is 3.49. The lowest BCUT2D eigenvalue weighted by atomic mass is 10.0. The quantitative estimate of drug-likeness (QED) is 0.593. The summed E-state index contributed by atoms with van der Waals surface area (Å²) in [5, 5.41) is 12.2. The highest BCUT2D eigenvalue weighted by Crippen LogP contribution is 2.15. The molecule has 154 valence electrons. The van der Waals surface area contributed by atoms with Crippen LogP contribution in [0.2, 0.25) is 0 Å². The molecule has 1 aromatic carbocycles. The number of aliphatic carboxylic acids is 1. The first kappa shape index (κ1) is 21.9. The molecule has 1 aliphatic rings. The van der Waals surface area contributed by atoms with Crippen LogP contribution in [-0.4, -0.2) is 59.6 Å². The van der Waals surface area contributed by atoms with Gasteiger partial charge in [-0.1, -0.05) is 30.3 Å². The number of benzene rings is 1. The number of carboxylic acid groups (broad SMARTS) is 1. The normalized spacial score (nSPS) is 18.4. The number of amides is 1. The Kier molecular flexibility index (Phi) is 8.94. The number of carboxylic acids is 1. The molecule has 1 unspecified atom stereocenters. The number of carbonyl (C=O) groups is 3. The highest BCUT2D eigenvalue weighted by atomic mass is 16.5. The van der Waals surface area contributed by atoms with Crippen molar-refractivity contribution in [1.29, 1.82) is 0 Å². The van der Waals surface area contributed by atoms with E-state index in [9.17, 15) is 14.4 Å². The molecular weight excluding hydrogens is 360 g/mol. The molecule has 0 aliphatic carbocycles. The number of carbonyl (C=O) groups excluding carboxylic acids is 2. The summed E-state index contributed by atoms with van der Waals surface area (Å²) in [5.41, 5.74) is 1.20. The topological polar surface area (TPSA) is 95.9 Å². The molecule has 1 aromatic rings. The number of esters is 1. The van der Waals surface area contributed by atoms with Crippen molar-refractivity contribution in [1.82, 2.24) is 10.2 Å². The molecule has 1 saturated heterocycles. The Bertz CT molecular complexity index is 649. The zero-order chi connectivity index (χ0) is 20.4. The van der Waals surface area contributed by atoms with E-state index in [0.29, 0.717) is 19.4 Å². The number of likely N-dealkylation sites (tertiary alicyclic amines) is 1. The van der Waals surface area contributed by atoms with Crippen molar-refractivity contribution in [2.75, 3.05) is 19.7 Å². The summed E-state index contributed by atoms with van der Waals surface area (Å²) in [5.74, 6) is -1.64. The smallest absolute Gasteiger partial charge is 0.323 e. The lowest BCUT2D eigenvalue weighted by molar-refractivity contribution is -0.148. The molecule has 0 aromatic heterocycles. The van der Waals surface area contributed by atoms with Gasteiger partial charge >= 0.3 is 11.9 Å². The van der Waals surface area contributed by atoms with Crippen LogP contribution in [0, 0.1) is 0 Å². The van der Waals surface area contributed by atoms with Crippen molar-refractivity contribution in [3.63, 3.8) is 0 Å². The molecule has 0 bridgehead atoms. The molecule has 1 aliphatic heterocycles. The molecule has 0 saturated carbocycles. The van der Waals surface area contributed by atoms with E-state index in [1.54, 1.807) is 6.92 Å². The SMILES string of the molecule is CCOC(=O)C(CCCc1ccccc1)N[C@H]1CCCCN(CC(=O)O)C1=O. The second kappa shape index (κ2) is 11.4. The lowest BCUT2D eigenvalue weighted by Crippen LogP contribution is -2.52. The van der Waals surface area contributed by atoms with Crippen LogP contribution in [0.15, 0.2) is 30.3 Å². The van der Waals surface area contributed by atoms with Gasteiger partial charge in [0.25, 0.3) is 0 Å². The number of ether oxygens (including phenoxy) is 1. The van der Waals surface area contributed by atoms with Crippen LogP contribution in [0.1, 0.15) is 44.6 Å². The molecule has 2 N–H and O–H groups in total. The molecule has 28 heavy (non-hydrogen) atoms. The average molecular weight is 390 g/mol. The highest BCUT2D eigenvalue weighted by Gasteiger charge is 2.32. The molecule has 1 heterocycles. The number of aryl methyl sites for hydroxylation is 1. The Labute approximate surface area is 166 Å². The van der Waals surface area contributed by atoms with Gasteiger partial charge in [0.1, 0.15) is 12.6 Å². The van der Waals surface area contributed by atoms with E-state index < -0.39 is 18.1 Å². The van der Waals surface area contributed by atoms with Gasteiger partial charge < -0.3 is 14.7 Å². The predicted molar refractivity (Wildman–Crippen MR) is 105 cm³/mol. The Morgan fingerprint density at radius 1 is 1.29 bits per heavy atom. The minimum Gasteiger partial charge on any atom is -0.480 e. The zero-order valence-electron chi connectivity index (χ0n) is 16.4. The van der Waals surface area contributed by atoms with Crippen molar-refractivity contribution in [2.24, 2.45) is 0 Å². The van der Waals surface area contributed by atoms with Crippen LogP contribution < -0.4 is 5.32 Å². The van der Waals surface area contributed by atoms with E-state index in [2.05, 4.69) is 5.32 Å². The number of nitrogens with zero attached hydrogens (tertiary/aromatic N) is 1. The molecule has 2 rings (SSSR count).